The van der Waals surface area contributed by atoms with Crippen LogP contribution in [0.5, 0.6) is 11.5 Å². The number of benzene rings is 4. The molecule has 4 aromatic carbocycles. The number of hydrogen-bond donors (Lipinski definition) is 0. The van der Waals surface area contributed by atoms with E-state index in [2.05, 4.69) is 92.3 Å². The van der Waals surface area contributed by atoms with Crippen LogP contribution in [0.2, 0.25) is 0 Å². The van der Waals surface area contributed by atoms with Gasteiger partial charge in [-0.1, -0.05) is 48.0 Å². The summed E-state index contributed by atoms with van der Waals surface area (Å²) in [4.78, 5) is 0. The van der Waals surface area contributed by atoms with Crippen LogP contribution in [0.15, 0.2) is 66.9 Å². The molecule has 134 valence electrons. The summed E-state index contributed by atoms with van der Waals surface area (Å²) in [5, 5.41) is 7.45. The van der Waals surface area contributed by atoms with E-state index in [-0.39, 0.29) is 0 Å². The molecule has 0 amide bonds. The Morgan fingerprint density at radius 1 is 0.750 bits per heavy atom. The highest BCUT2D eigenvalue weighted by atomic mass is 16.5. The van der Waals surface area contributed by atoms with Crippen molar-refractivity contribution in [1.82, 2.24) is 0 Å². The van der Waals surface area contributed by atoms with Crippen LogP contribution < -0.4 is 9.30 Å². The molecule has 0 unspecified atom stereocenters. The number of hydrogen-bond acceptors (Lipinski definition) is 1. The molecule has 1 aromatic heterocycles. The van der Waals surface area contributed by atoms with Gasteiger partial charge in [-0.15, -0.1) is 0 Å². The van der Waals surface area contributed by atoms with Gasteiger partial charge in [0.25, 0.3) is 0 Å². The van der Waals surface area contributed by atoms with Crippen LogP contribution >= 0.6 is 0 Å². The van der Waals surface area contributed by atoms with Crippen LogP contribution in [0.1, 0.15) is 11.1 Å². The minimum Gasteiger partial charge on any atom is -0.456 e. The Bertz CT molecular complexity index is 1460. The molecule has 5 aromatic rings. The Labute approximate surface area is 163 Å². The number of aromatic nitrogens is 1. The number of nitrogens with zero attached hydrogens (tertiary/aromatic N) is 1. The minimum absolute atomic E-state index is 0.943. The lowest BCUT2D eigenvalue weighted by Crippen LogP contribution is -2.31. The van der Waals surface area contributed by atoms with E-state index in [9.17, 15) is 0 Å². The van der Waals surface area contributed by atoms with Gasteiger partial charge in [-0.25, -0.2) is 4.57 Å². The average Bonchev–Trinajstić information content (AvgIpc) is 2.70. The SMILES string of the molecule is Cc1ccc2cc3c4c([n+](C)ccc4c2c1)-c1c(cc2ccccc2c1C)O3. The molecule has 0 bridgehead atoms. The minimum atomic E-state index is 0.943. The molecule has 0 spiro atoms. The third-order valence-electron chi connectivity index (χ3n) is 6.09. The highest BCUT2D eigenvalue weighted by molar-refractivity contribution is 6.16. The molecule has 0 saturated carbocycles. The molecule has 2 heterocycles. The summed E-state index contributed by atoms with van der Waals surface area (Å²) in [6.07, 6.45) is 2.17. The van der Waals surface area contributed by atoms with Crippen LogP contribution in [0.3, 0.4) is 0 Å². The fraction of sp³-hybridized carbons (Fsp3) is 0.115. The average molecular weight is 362 g/mol. The quantitative estimate of drug-likeness (QED) is 0.226. The number of aryl methyl sites for hydroxylation is 3. The highest BCUT2D eigenvalue weighted by Crippen LogP contribution is 2.49. The van der Waals surface area contributed by atoms with Gasteiger partial charge in [-0.05, 0) is 53.1 Å². The first kappa shape index (κ1) is 15.6. The standard InChI is InChI=1S/C26H20NO/c1-15-8-9-18-14-23-25-20(21(18)12-15)10-11-27(3)26(25)24-16(2)19-7-5-4-6-17(19)13-22(24)28-23/h4-14H,1-3H3/q+1. The lowest BCUT2D eigenvalue weighted by Gasteiger charge is -2.22. The van der Waals surface area contributed by atoms with Gasteiger partial charge >= 0.3 is 0 Å². The maximum Gasteiger partial charge on any atom is 0.228 e. The summed E-state index contributed by atoms with van der Waals surface area (Å²) in [6.45, 7) is 4.36. The fourth-order valence-electron chi connectivity index (χ4n) is 4.74. The van der Waals surface area contributed by atoms with Crippen molar-refractivity contribution in [2.24, 2.45) is 7.05 Å². The van der Waals surface area contributed by atoms with Crippen molar-refractivity contribution in [1.29, 1.82) is 0 Å². The predicted octanol–water partition coefficient (Wildman–Crippen LogP) is 6.36. The molecule has 2 nitrogen and oxygen atoms in total. The van der Waals surface area contributed by atoms with Gasteiger partial charge in [0, 0.05) is 11.5 Å². The van der Waals surface area contributed by atoms with E-state index in [0.29, 0.717) is 0 Å². The van der Waals surface area contributed by atoms with Crippen molar-refractivity contribution >= 4 is 32.3 Å². The zero-order valence-electron chi connectivity index (χ0n) is 16.2. The van der Waals surface area contributed by atoms with E-state index in [1.54, 1.807) is 0 Å². The normalized spacial score (nSPS) is 12.4. The number of pyridine rings is 1. The van der Waals surface area contributed by atoms with Gasteiger partial charge in [0.05, 0.1) is 10.9 Å². The second-order valence-corrected chi connectivity index (χ2v) is 7.86. The number of rotatable bonds is 0. The topological polar surface area (TPSA) is 13.1 Å². The van der Waals surface area contributed by atoms with Crippen LogP contribution in [0, 0.1) is 13.8 Å². The maximum absolute atomic E-state index is 6.52. The summed E-state index contributed by atoms with van der Waals surface area (Å²) >= 11 is 0. The molecule has 1 aliphatic rings. The Morgan fingerprint density at radius 3 is 2.43 bits per heavy atom. The maximum atomic E-state index is 6.52. The van der Waals surface area contributed by atoms with Gasteiger partial charge in [0.1, 0.15) is 18.5 Å². The van der Waals surface area contributed by atoms with Gasteiger partial charge in [-0.3, -0.25) is 0 Å². The first-order chi connectivity index (χ1) is 13.6. The molecule has 0 saturated heterocycles. The monoisotopic (exact) mass is 362 g/mol. The molecule has 0 N–H and O–H groups in total. The molecule has 0 fully saturated rings. The van der Waals surface area contributed by atoms with E-state index in [4.69, 9.17) is 4.74 Å². The van der Waals surface area contributed by atoms with Crippen LogP contribution in [-0.4, -0.2) is 0 Å². The molecule has 2 heteroatoms. The van der Waals surface area contributed by atoms with Crippen LogP contribution in [0.25, 0.3) is 43.6 Å². The molecule has 0 radical (unpaired) electrons. The van der Waals surface area contributed by atoms with Crippen LogP contribution in [-0.2, 0) is 7.05 Å². The van der Waals surface area contributed by atoms with Crippen molar-refractivity contribution < 1.29 is 9.30 Å². The van der Waals surface area contributed by atoms with E-state index in [0.717, 1.165) is 11.5 Å². The van der Waals surface area contributed by atoms with Crippen molar-refractivity contribution in [3.8, 4) is 22.8 Å². The zero-order valence-corrected chi connectivity index (χ0v) is 16.2. The first-order valence-corrected chi connectivity index (χ1v) is 9.68. The Kier molecular flexibility index (Phi) is 2.98. The third-order valence-corrected chi connectivity index (χ3v) is 6.09. The third kappa shape index (κ3) is 1.95. The summed E-state index contributed by atoms with van der Waals surface area (Å²) in [7, 11) is 2.13. The Balaban J connectivity index is 1.84. The van der Waals surface area contributed by atoms with Crippen molar-refractivity contribution in [3.05, 3.63) is 78.0 Å². The molecular formula is C26H20NO+. The Hall–Kier alpha value is -3.39. The lowest BCUT2D eigenvalue weighted by molar-refractivity contribution is -0.659. The van der Waals surface area contributed by atoms with E-state index >= 15 is 0 Å². The summed E-state index contributed by atoms with van der Waals surface area (Å²) in [5.74, 6) is 1.89. The highest BCUT2D eigenvalue weighted by Gasteiger charge is 2.30. The second kappa shape index (κ2) is 5.32. The van der Waals surface area contributed by atoms with Gasteiger partial charge in [0.15, 0.2) is 6.20 Å². The van der Waals surface area contributed by atoms with Crippen molar-refractivity contribution in [3.63, 3.8) is 0 Å². The van der Waals surface area contributed by atoms with E-state index in [1.807, 2.05) is 0 Å². The number of ether oxygens (including phenoxy) is 1. The first-order valence-electron chi connectivity index (χ1n) is 9.68. The molecular weight excluding hydrogens is 342 g/mol. The summed E-state index contributed by atoms with van der Waals surface area (Å²) < 4.78 is 8.75. The van der Waals surface area contributed by atoms with E-state index in [1.165, 1.54) is 54.7 Å². The van der Waals surface area contributed by atoms with Crippen molar-refractivity contribution in [2.75, 3.05) is 0 Å². The van der Waals surface area contributed by atoms with Gasteiger partial charge < -0.3 is 4.74 Å². The van der Waals surface area contributed by atoms with E-state index < -0.39 is 0 Å². The van der Waals surface area contributed by atoms with Crippen molar-refractivity contribution in [2.45, 2.75) is 13.8 Å². The zero-order chi connectivity index (χ0) is 19.0. The molecule has 0 atom stereocenters. The summed E-state index contributed by atoms with van der Waals surface area (Å²) in [6, 6.07) is 21.8. The molecule has 28 heavy (non-hydrogen) atoms. The number of fused-ring (bicyclic) bond motifs is 5. The van der Waals surface area contributed by atoms with Gasteiger partial charge in [-0.2, -0.15) is 0 Å². The fourth-order valence-corrected chi connectivity index (χ4v) is 4.74. The lowest BCUT2D eigenvalue weighted by atomic mass is 9.90. The van der Waals surface area contributed by atoms with Crippen LogP contribution in [0.4, 0.5) is 0 Å². The molecule has 0 aliphatic carbocycles. The predicted molar refractivity (Wildman–Crippen MR) is 115 cm³/mol. The second-order valence-electron chi connectivity index (χ2n) is 7.86. The van der Waals surface area contributed by atoms with Gasteiger partial charge in [0.2, 0.25) is 5.69 Å². The molecule has 6 rings (SSSR count). The Morgan fingerprint density at radius 2 is 1.54 bits per heavy atom. The largest absolute Gasteiger partial charge is 0.456 e. The smallest absolute Gasteiger partial charge is 0.228 e. The molecule has 1 aliphatic heterocycles. The summed E-state index contributed by atoms with van der Waals surface area (Å²) in [5.41, 5.74) is 4.98.